The summed E-state index contributed by atoms with van der Waals surface area (Å²) in [7, 11) is 0. The summed E-state index contributed by atoms with van der Waals surface area (Å²) in [6.45, 7) is 1.44. The molecule has 4 rings (SSSR count). The molecule has 2 saturated heterocycles. The number of halogens is 1. The minimum atomic E-state index is -0.714. The molecule has 1 atom stereocenters. The van der Waals surface area contributed by atoms with Crippen molar-refractivity contribution in [3.05, 3.63) is 58.6 Å². The van der Waals surface area contributed by atoms with Crippen molar-refractivity contribution in [2.75, 3.05) is 29.4 Å². The Hall–Kier alpha value is -3.39. The number of nitrogens with zero attached hydrogens (tertiary/aromatic N) is 2. The van der Waals surface area contributed by atoms with Gasteiger partial charge in [-0.05, 0) is 55.3 Å². The Morgan fingerprint density at radius 2 is 1.67 bits per heavy atom. The number of benzene rings is 2. The summed E-state index contributed by atoms with van der Waals surface area (Å²) in [6.07, 6.45) is 2.77. The molecule has 8 nitrogen and oxygen atoms in total. The van der Waals surface area contributed by atoms with Crippen LogP contribution in [0.3, 0.4) is 0 Å². The highest BCUT2D eigenvalue weighted by molar-refractivity contribution is 6.31. The smallest absolute Gasteiger partial charge is 0.252 e. The Kier molecular flexibility index (Phi) is 6.65. The summed E-state index contributed by atoms with van der Waals surface area (Å²) in [6, 6.07) is 11.7. The maximum absolute atomic E-state index is 12.6. The number of nitrogens with one attached hydrogen (secondary N) is 1. The molecule has 3 N–H and O–H groups in total. The lowest BCUT2D eigenvalue weighted by atomic mass is 10.1. The van der Waals surface area contributed by atoms with Gasteiger partial charge in [-0.3, -0.25) is 19.2 Å². The van der Waals surface area contributed by atoms with Crippen LogP contribution in [0.5, 0.6) is 0 Å². The van der Waals surface area contributed by atoms with Gasteiger partial charge < -0.3 is 20.9 Å². The molecule has 2 aliphatic heterocycles. The molecule has 0 bridgehead atoms. The van der Waals surface area contributed by atoms with Gasteiger partial charge in [0.05, 0.1) is 11.1 Å². The second kappa shape index (κ2) is 9.62. The Morgan fingerprint density at radius 3 is 2.33 bits per heavy atom. The lowest BCUT2D eigenvalue weighted by molar-refractivity contribution is -0.119. The minimum absolute atomic E-state index is 0.0309. The normalized spacial score (nSPS) is 18.5. The van der Waals surface area contributed by atoms with Crippen molar-refractivity contribution in [1.82, 2.24) is 5.32 Å². The molecule has 1 unspecified atom stereocenters. The van der Waals surface area contributed by atoms with Crippen LogP contribution in [-0.4, -0.2) is 43.3 Å². The summed E-state index contributed by atoms with van der Waals surface area (Å²) < 4.78 is 0. The van der Waals surface area contributed by atoms with E-state index < -0.39 is 11.8 Å². The van der Waals surface area contributed by atoms with E-state index >= 15 is 0 Å². The molecule has 0 saturated carbocycles. The molecule has 2 fully saturated rings. The van der Waals surface area contributed by atoms with Crippen LogP contribution >= 0.6 is 11.6 Å². The lowest BCUT2D eigenvalue weighted by Gasteiger charge is -2.27. The molecule has 0 radical (unpaired) electrons. The predicted octanol–water partition coefficient (Wildman–Crippen LogP) is 2.74. The molecule has 9 heteroatoms. The molecule has 0 aliphatic carbocycles. The molecule has 33 heavy (non-hydrogen) atoms. The maximum atomic E-state index is 12.6. The Labute approximate surface area is 196 Å². The van der Waals surface area contributed by atoms with Gasteiger partial charge in [-0.2, -0.15) is 0 Å². The summed E-state index contributed by atoms with van der Waals surface area (Å²) in [4.78, 5) is 52.4. The molecule has 2 aromatic carbocycles. The number of carbonyl (C=O) groups is 4. The van der Waals surface area contributed by atoms with Crippen molar-refractivity contribution in [2.24, 2.45) is 11.7 Å². The van der Waals surface area contributed by atoms with Crippen LogP contribution in [0.4, 0.5) is 11.4 Å². The van der Waals surface area contributed by atoms with Crippen LogP contribution in [0.1, 0.15) is 46.4 Å². The van der Waals surface area contributed by atoms with E-state index in [1.807, 2.05) is 24.3 Å². The van der Waals surface area contributed by atoms with E-state index in [-0.39, 0.29) is 35.4 Å². The minimum Gasteiger partial charge on any atom is -0.366 e. The fourth-order valence-corrected chi connectivity index (χ4v) is 4.48. The van der Waals surface area contributed by atoms with Gasteiger partial charge in [-0.15, -0.1) is 0 Å². The maximum Gasteiger partial charge on any atom is 0.252 e. The highest BCUT2D eigenvalue weighted by Crippen LogP contribution is 2.28. The second-order valence-corrected chi connectivity index (χ2v) is 8.79. The third kappa shape index (κ3) is 5.01. The Balaban J connectivity index is 1.38. The zero-order chi connectivity index (χ0) is 23.5. The number of amides is 4. The summed E-state index contributed by atoms with van der Waals surface area (Å²) >= 11 is 5.96. The van der Waals surface area contributed by atoms with Gasteiger partial charge in [-0.25, -0.2) is 0 Å². The molecular formula is C24H25ClN4O4. The molecule has 2 aliphatic rings. The summed E-state index contributed by atoms with van der Waals surface area (Å²) in [5, 5.41) is 3.11. The Morgan fingerprint density at radius 1 is 0.970 bits per heavy atom. The van der Waals surface area contributed by atoms with E-state index in [4.69, 9.17) is 17.3 Å². The van der Waals surface area contributed by atoms with Crippen LogP contribution in [0, 0.1) is 5.92 Å². The number of primary amides is 1. The van der Waals surface area contributed by atoms with Crippen LogP contribution in [0.2, 0.25) is 5.02 Å². The number of carbonyl (C=O) groups excluding carboxylic acids is 4. The van der Waals surface area contributed by atoms with E-state index in [9.17, 15) is 19.2 Å². The van der Waals surface area contributed by atoms with Crippen LogP contribution in [-0.2, 0) is 9.59 Å². The zero-order valence-corrected chi connectivity index (χ0v) is 18.8. The highest BCUT2D eigenvalue weighted by atomic mass is 35.5. The number of hydrogen-bond donors (Lipinski definition) is 2. The number of hydrogen-bond acceptors (Lipinski definition) is 4. The fourth-order valence-electron chi connectivity index (χ4n) is 4.31. The van der Waals surface area contributed by atoms with E-state index in [1.165, 1.54) is 18.2 Å². The van der Waals surface area contributed by atoms with Gasteiger partial charge in [0.2, 0.25) is 17.7 Å². The van der Waals surface area contributed by atoms with Gasteiger partial charge in [0, 0.05) is 54.8 Å². The molecular weight excluding hydrogens is 444 g/mol. The molecule has 0 aromatic heterocycles. The van der Waals surface area contributed by atoms with Crippen LogP contribution in [0.15, 0.2) is 42.5 Å². The van der Waals surface area contributed by atoms with Gasteiger partial charge in [0.25, 0.3) is 5.91 Å². The van der Waals surface area contributed by atoms with E-state index in [1.54, 1.807) is 9.80 Å². The Bertz CT molecular complexity index is 1100. The van der Waals surface area contributed by atoms with Gasteiger partial charge in [0.1, 0.15) is 0 Å². The van der Waals surface area contributed by atoms with Crippen molar-refractivity contribution < 1.29 is 19.2 Å². The number of anilines is 2. The highest BCUT2D eigenvalue weighted by Gasteiger charge is 2.31. The second-order valence-electron chi connectivity index (χ2n) is 8.36. The van der Waals surface area contributed by atoms with Crippen molar-refractivity contribution in [1.29, 1.82) is 0 Å². The quantitative estimate of drug-likeness (QED) is 0.678. The third-order valence-electron chi connectivity index (χ3n) is 6.04. The zero-order valence-electron chi connectivity index (χ0n) is 18.1. The predicted molar refractivity (Wildman–Crippen MR) is 125 cm³/mol. The fraction of sp³-hybridized carbons (Fsp3) is 0.333. The molecule has 4 amide bonds. The monoisotopic (exact) mass is 468 g/mol. The summed E-state index contributed by atoms with van der Waals surface area (Å²) in [5.41, 5.74) is 7.15. The largest absolute Gasteiger partial charge is 0.366 e. The van der Waals surface area contributed by atoms with Crippen LogP contribution < -0.4 is 20.9 Å². The molecule has 172 valence electrons. The molecule has 2 heterocycles. The molecule has 2 aromatic rings. The van der Waals surface area contributed by atoms with Crippen molar-refractivity contribution in [2.45, 2.75) is 25.7 Å². The standard InChI is InChI=1S/C24H25ClN4O4/c25-16-4-9-19(23(26)32)20(12-16)24(33)27-13-15-11-22(31)29(14-15)18-7-5-17(6-8-18)28-10-2-1-3-21(28)30/h4-9,12,15H,1-3,10-11,13-14H2,(H2,26,32)(H,27,33). The van der Waals surface area contributed by atoms with Crippen molar-refractivity contribution in [3.63, 3.8) is 0 Å². The first kappa shape index (κ1) is 22.8. The average Bonchev–Trinajstić information content (AvgIpc) is 3.18. The van der Waals surface area contributed by atoms with E-state index in [0.717, 1.165) is 24.2 Å². The topological polar surface area (TPSA) is 113 Å². The summed E-state index contributed by atoms with van der Waals surface area (Å²) in [5.74, 6) is -1.17. The van der Waals surface area contributed by atoms with E-state index in [0.29, 0.717) is 31.0 Å². The van der Waals surface area contributed by atoms with Gasteiger partial charge >= 0.3 is 0 Å². The first-order valence-electron chi connectivity index (χ1n) is 10.9. The van der Waals surface area contributed by atoms with Crippen molar-refractivity contribution in [3.8, 4) is 0 Å². The van der Waals surface area contributed by atoms with Gasteiger partial charge in [-0.1, -0.05) is 11.6 Å². The first-order valence-corrected chi connectivity index (χ1v) is 11.3. The van der Waals surface area contributed by atoms with Crippen molar-refractivity contribution >= 4 is 46.6 Å². The first-order chi connectivity index (χ1) is 15.8. The third-order valence-corrected chi connectivity index (χ3v) is 6.28. The SMILES string of the molecule is NC(=O)c1ccc(Cl)cc1C(=O)NCC1CC(=O)N(c2ccc(N3CCCCC3=O)cc2)C1. The number of piperidine rings is 1. The number of rotatable bonds is 6. The lowest BCUT2D eigenvalue weighted by Crippen LogP contribution is -2.35. The molecule has 0 spiro atoms. The van der Waals surface area contributed by atoms with Gasteiger partial charge in [0.15, 0.2) is 0 Å². The average molecular weight is 469 g/mol. The number of nitrogens with two attached hydrogens (primary N) is 1. The van der Waals surface area contributed by atoms with Crippen LogP contribution in [0.25, 0.3) is 0 Å². The van der Waals surface area contributed by atoms with E-state index in [2.05, 4.69) is 5.32 Å².